The molecule has 2 unspecified atom stereocenters. The van der Waals surface area contributed by atoms with Crippen molar-refractivity contribution < 1.29 is 19.1 Å². The molecule has 0 aliphatic carbocycles. The summed E-state index contributed by atoms with van der Waals surface area (Å²) in [6.45, 7) is 2.15. The summed E-state index contributed by atoms with van der Waals surface area (Å²) >= 11 is 6.18. The third kappa shape index (κ3) is 3.47. The quantitative estimate of drug-likeness (QED) is 0.616. The van der Waals surface area contributed by atoms with E-state index in [4.69, 9.17) is 16.3 Å². The van der Waals surface area contributed by atoms with Crippen LogP contribution in [0.4, 0.5) is 0 Å². The Kier molecular flexibility index (Phi) is 5.55. The van der Waals surface area contributed by atoms with Gasteiger partial charge in [0.25, 0.3) is 5.91 Å². The fourth-order valence-electron chi connectivity index (χ4n) is 2.37. The highest BCUT2D eigenvalue weighted by molar-refractivity contribution is 6.32. The van der Waals surface area contributed by atoms with Gasteiger partial charge >= 0.3 is 5.97 Å². The van der Waals surface area contributed by atoms with Crippen molar-refractivity contribution in [2.75, 3.05) is 6.61 Å². The lowest BCUT2D eigenvalue weighted by Gasteiger charge is -2.23. The molecular formula is C16H18ClNO4. The topological polar surface area (TPSA) is 63.7 Å². The molecule has 0 N–H and O–H groups in total. The highest BCUT2D eigenvalue weighted by atomic mass is 35.5. The van der Waals surface area contributed by atoms with Crippen molar-refractivity contribution in [2.24, 2.45) is 0 Å². The van der Waals surface area contributed by atoms with Crippen LogP contribution in [0.5, 0.6) is 0 Å². The maximum absolute atomic E-state index is 12.5. The molecule has 0 radical (unpaired) electrons. The average Bonchev–Trinajstić information content (AvgIpc) is 2.93. The van der Waals surface area contributed by atoms with Crippen LogP contribution in [0.15, 0.2) is 30.3 Å². The normalized spacial score (nSPS) is 19.1. The molecule has 1 aliphatic rings. The largest absolute Gasteiger partial charge is 0.464 e. The molecule has 1 aromatic carbocycles. The summed E-state index contributed by atoms with van der Waals surface area (Å²) in [6, 6.07) is 7.88. The first-order chi connectivity index (χ1) is 10.6. The number of esters is 1. The van der Waals surface area contributed by atoms with Crippen molar-refractivity contribution in [3.05, 3.63) is 35.9 Å². The Labute approximate surface area is 134 Å². The van der Waals surface area contributed by atoms with Gasteiger partial charge in [0.05, 0.1) is 6.61 Å². The van der Waals surface area contributed by atoms with Crippen LogP contribution >= 0.6 is 11.6 Å². The van der Waals surface area contributed by atoms with Gasteiger partial charge in [0, 0.05) is 6.42 Å². The van der Waals surface area contributed by atoms with Crippen molar-refractivity contribution in [1.82, 2.24) is 4.90 Å². The number of carbonyl (C=O) groups excluding carboxylic acids is 3. The predicted octanol–water partition coefficient (Wildman–Crippen LogP) is 2.44. The number of likely N-dealkylation sites (tertiary alicyclic amines) is 1. The van der Waals surface area contributed by atoms with Gasteiger partial charge in [-0.1, -0.05) is 37.3 Å². The van der Waals surface area contributed by atoms with E-state index in [1.54, 1.807) is 24.3 Å². The van der Waals surface area contributed by atoms with Crippen molar-refractivity contribution >= 4 is 29.4 Å². The minimum Gasteiger partial charge on any atom is -0.464 e. The summed E-state index contributed by atoms with van der Waals surface area (Å²) in [5, 5.41) is -0.996. The molecule has 2 rings (SSSR count). The van der Waals surface area contributed by atoms with E-state index in [1.165, 1.54) is 0 Å². The van der Waals surface area contributed by atoms with E-state index in [0.717, 1.165) is 4.90 Å². The minimum atomic E-state index is -0.996. The molecule has 2 atom stereocenters. The molecule has 22 heavy (non-hydrogen) atoms. The molecule has 118 valence electrons. The number of amides is 2. The Morgan fingerprint density at radius 3 is 2.68 bits per heavy atom. The summed E-state index contributed by atoms with van der Waals surface area (Å²) in [4.78, 5) is 37.5. The van der Waals surface area contributed by atoms with Gasteiger partial charge in [-0.05, 0) is 18.4 Å². The molecule has 0 saturated carbocycles. The molecular weight excluding hydrogens is 306 g/mol. The zero-order valence-corrected chi connectivity index (χ0v) is 13.1. The van der Waals surface area contributed by atoms with Crippen LogP contribution in [-0.4, -0.2) is 35.3 Å². The van der Waals surface area contributed by atoms with E-state index in [-0.39, 0.29) is 25.4 Å². The summed E-state index contributed by atoms with van der Waals surface area (Å²) in [5.74, 6) is -1.50. The standard InChI is InChI=1S/C16H18ClNO4/c1-2-10-22-16(21)12-8-9-13(19)18(12)15(20)14(17)11-6-4-3-5-7-11/h3-7,12,14H,2,8-10H2,1H3. The van der Waals surface area contributed by atoms with Crippen LogP contribution in [0.3, 0.4) is 0 Å². The number of rotatable bonds is 5. The minimum absolute atomic E-state index is 0.149. The SMILES string of the molecule is CCCOC(=O)C1CCC(=O)N1C(=O)C(Cl)c1ccccc1. The Balaban J connectivity index is 2.15. The van der Waals surface area contributed by atoms with Crippen LogP contribution in [0.1, 0.15) is 37.1 Å². The summed E-state index contributed by atoms with van der Waals surface area (Å²) in [7, 11) is 0. The van der Waals surface area contributed by atoms with Gasteiger partial charge in [-0.15, -0.1) is 11.6 Å². The fraction of sp³-hybridized carbons (Fsp3) is 0.438. The zero-order valence-electron chi connectivity index (χ0n) is 12.3. The number of alkyl halides is 1. The number of hydrogen-bond acceptors (Lipinski definition) is 4. The van der Waals surface area contributed by atoms with Gasteiger partial charge in [0.1, 0.15) is 11.4 Å². The van der Waals surface area contributed by atoms with E-state index in [2.05, 4.69) is 0 Å². The molecule has 2 amide bonds. The van der Waals surface area contributed by atoms with Crippen molar-refractivity contribution in [3.63, 3.8) is 0 Å². The fourth-order valence-corrected chi connectivity index (χ4v) is 2.62. The molecule has 0 aromatic heterocycles. The summed E-state index contributed by atoms with van der Waals surface area (Å²) in [6.07, 6.45) is 1.12. The lowest BCUT2D eigenvalue weighted by atomic mass is 10.1. The first kappa shape index (κ1) is 16.5. The second-order valence-corrected chi connectivity index (χ2v) is 5.53. The number of ether oxygens (including phenoxy) is 1. The van der Waals surface area contributed by atoms with E-state index in [0.29, 0.717) is 12.0 Å². The Hall–Kier alpha value is -1.88. The number of benzene rings is 1. The number of carbonyl (C=O) groups is 3. The third-order valence-corrected chi connectivity index (χ3v) is 3.92. The maximum Gasteiger partial charge on any atom is 0.329 e. The molecule has 1 aliphatic heterocycles. The lowest BCUT2D eigenvalue weighted by Crippen LogP contribution is -2.45. The van der Waals surface area contributed by atoms with Crippen LogP contribution in [-0.2, 0) is 19.1 Å². The highest BCUT2D eigenvalue weighted by Crippen LogP contribution is 2.28. The van der Waals surface area contributed by atoms with E-state index >= 15 is 0 Å². The molecule has 0 bridgehead atoms. The van der Waals surface area contributed by atoms with Gasteiger partial charge in [-0.25, -0.2) is 4.79 Å². The van der Waals surface area contributed by atoms with Gasteiger partial charge < -0.3 is 4.74 Å². The van der Waals surface area contributed by atoms with Gasteiger partial charge in [-0.3, -0.25) is 14.5 Å². The number of hydrogen-bond donors (Lipinski definition) is 0. The second-order valence-electron chi connectivity index (χ2n) is 5.10. The van der Waals surface area contributed by atoms with Gasteiger partial charge in [-0.2, -0.15) is 0 Å². The van der Waals surface area contributed by atoms with Crippen LogP contribution < -0.4 is 0 Å². The number of halogens is 1. The first-order valence-electron chi connectivity index (χ1n) is 7.27. The van der Waals surface area contributed by atoms with Crippen molar-refractivity contribution in [1.29, 1.82) is 0 Å². The van der Waals surface area contributed by atoms with E-state index in [1.807, 2.05) is 13.0 Å². The molecule has 6 heteroatoms. The zero-order chi connectivity index (χ0) is 16.1. The van der Waals surface area contributed by atoms with Crippen molar-refractivity contribution in [3.8, 4) is 0 Å². The van der Waals surface area contributed by atoms with E-state index < -0.39 is 23.3 Å². The number of nitrogens with zero attached hydrogens (tertiary/aromatic N) is 1. The summed E-state index contributed by atoms with van der Waals surface area (Å²) < 4.78 is 5.06. The van der Waals surface area contributed by atoms with Crippen LogP contribution in [0, 0.1) is 0 Å². The Morgan fingerprint density at radius 1 is 1.36 bits per heavy atom. The maximum atomic E-state index is 12.5. The first-order valence-corrected chi connectivity index (χ1v) is 7.71. The predicted molar refractivity (Wildman–Crippen MR) is 81.2 cm³/mol. The third-order valence-electron chi connectivity index (χ3n) is 3.48. The lowest BCUT2D eigenvalue weighted by molar-refractivity contribution is -0.157. The Morgan fingerprint density at radius 2 is 2.05 bits per heavy atom. The second kappa shape index (κ2) is 7.40. The summed E-state index contributed by atoms with van der Waals surface area (Å²) in [5.41, 5.74) is 0.592. The molecule has 1 fully saturated rings. The molecule has 1 aromatic rings. The molecule has 1 heterocycles. The molecule has 0 spiro atoms. The molecule has 1 saturated heterocycles. The van der Waals surface area contributed by atoms with Crippen LogP contribution in [0.2, 0.25) is 0 Å². The average molecular weight is 324 g/mol. The monoisotopic (exact) mass is 323 g/mol. The van der Waals surface area contributed by atoms with Gasteiger partial charge in [0.2, 0.25) is 5.91 Å². The van der Waals surface area contributed by atoms with Crippen LogP contribution in [0.25, 0.3) is 0 Å². The smallest absolute Gasteiger partial charge is 0.329 e. The van der Waals surface area contributed by atoms with E-state index in [9.17, 15) is 14.4 Å². The Bertz CT molecular complexity index is 561. The molecule has 5 nitrogen and oxygen atoms in total. The number of imide groups is 1. The highest BCUT2D eigenvalue weighted by Gasteiger charge is 2.43. The van der Waals surface area contributed by atoms with Gasteiger partial charge in [0.15, 0.2) is 0 Å². The van der Waals surface area contributed by atoms with Crippen molar-refractivity contribution in [2.45, 2.75) is 37.6 Å².